The second-order valence-corrected chi connectivity index (χ2v) is 40.7. The molecule has 0 saturated heterocycles. The first-order chi connectivity index (χ1) is 69.3. The van der Waals surface area contributed by atoms with Gasteiger partial charge in [0, 0.05) is 123 Å². The Bertz CT molecular complexity index is 6990. The highest BCUT2D eigenvalue weighted by atomic mass is 35.5. The second-order valence-electron chi connectivity index (χ2n) is 38.8. The van der Waals surface area contributed by atoms with Gasteiger partial charge in [0.15, 0.2) is 0 Å². The molecule has 12 rings (SSSR count). The monoisotopic (exact) mass is 2170 g/mol. The fraction of sp³-hybridized carbons (Fsp3) is 0.387. The maximum Gasteiger partial charge on any atom is 0.294 e. The van der Waals surface area contributed by atoms with Crippen LogP contribution in [0.15, 0.2) is 91.0 Å². The van der Waals surface area contributed by atoms with E-state index in [9.17, 15) is 108 Å². The maximum absolute atomic E-state index is 13.9. The second kappa shape index (κ2) is 49.8. The molecule has 2 saturated carbocycles. The molecule has 5 aromatic carbocycles. The smallest absolute Gasteiger partial charge is 0.294 e. The molecule has 5 aromatic heterocycles. The van der Waals surface area contributed by atoms with Crippen LogP contribution in [0.4, 0.5) is 54.8 Å². The number of hydrogen-bond donors (Lipinski definition) is 12. The standard InChI is InChI=1S/C22H24ClF2N3O4.C21H23ClFN3O4.3C21H25ClFN3O3/c1-11-7-13(5-6-14(11)24)26-19(31)15-12(2)28(4)17(16(15)23)18(30)20(32)27-22(10-29)8-21(3,25)9-22;1-10-9-12(7-8-13(10)23)24-20(29)16-11(2)26(3)18(17(16)22)19(28)21(30)25-14-5-4-6-15(14)27;1-11-9-13(7-8-14(11)23)25-19(28)15-12(2)26(6)17(16(15)22)18(27)20(29)24-10-21(3,4)5;1-7-21(4,5)25-20(29)18(27)17-16(22)15(12(3)26(17)6)19(28)24-13-8-9-14(23)11(2)10-13;1-6-13(7-2)24-21(29)19(27)18-17(22)16(12(4)26(18)5)20(28)25-14-8-9-15(23)11(3)10-14/h5-7,29H,8-10H2,1-4H3,(H,26,31)(H,27,32);7-9,14-15,27H,4-6H2,1-3H3,(H,24,29)(H,25,30);7-9H,10H2,1-6H3,(H,24,29)(H,25,28);8-10H,7H2,1-6H3,(H,24,28)(H,25,29);8-10,13H,6-7H2,1-5H3,(H,24,29)(H,25,28)/t;14-,15+;;;/m.1.../s1. The summed E-state index contributed by atoms with van der Waals surface area (Å²) in [5.74, 6) is -13.5. The van der Waals surface area contributed by atoms with Gasteiger partial charge in [-0.1, -0.05) is 99.5 Å². The minimum absolute atomic E-state index is 0.0101. The van der Waals surface area contributed by atoms with E-state index in [4.69, 9.17) is 58.0 Å². The lowest BCUT2D eigenvalue weighted by molar-refractivity contribution is -0.125. The van der Waals surface area contributed by atoms with Crippen molar-refractivity contribution in [2.75, 3.05) is 39.7 Å². The largest absolute Gasteiger partial charge is 0.394 e. The van der Waals surface area contributed by atoms with Gasteiger partial charge in [-0.25, -0.2) is 26.3 Å². The van der Waals surface area contributed by atoms with Gasteiger partial charge in [0.25, 0.3) is 88.0 Å². The van der Waals surface area contributed by atoms with E-state index in [1.807, 2.05) is 41.5 Å². The van der Waals surface area contributed by atoms with Gasteiger partial charge in [-0.3, -0.25) is 71.9 Å². The van der Waals surface area contributed by atoms with Crippen LogP contribution in [0.1, 0.15) is 274 Å². The van der Waals surface area contributed by atoms with E-state index in [2.05, 4.69) is 53.2 Å². The minimum Gasteiger partial charge on any atom is -0.394 e. The van der Waals surface area contributed by atoms with Crippen molar-refractivity contribution >= 4 is 174 Å². The molecule has 2 aliphatic carbocycles. The molecular weight excluding hydrogens is 2050 g/mol. The van der Waals surface area contributed by atoms with E-state index < -0.39 is 135 Å². The molecule has 800 valence electrons. The summed E-state index contributed by atoms with van der Waals surface area (Å²) in [6, 6.07) is 20.1. The predicted molar refractivity (Wildman–Crippen MR) is 559 cm³/mol. The highest BCUT2D eigenvalue weighted by Crippen LogP contribution is 2.45. The van der Waals surface area contributed by atoms with E-state index in [1.54, 1.807) is 104 Å². The number of aliphatic hydroxyl groups excluding tert-OH is 2. The zero-order valence-electron chi connectivity index (χ0n) is 86.9. The Morgan fingerprint density at radius 2 is 0.664 bits per heavy atom. The molecule has 32 nitrogen and oxygen atoms in total. The number of Topliss-reactive ketones (excluding diaryl/α,β-unsaturated/α-hetero) is 5. The van der Waals surface area contributed by atoms with E-state index in [0.29, 0.717) is 123 Å². The number of aryl methyl sites for hydroxylation is 5. The number of alkyl halides is 1. The summed E-state index contributed by atoms with van der Waals surface area (Å²) in [5.41, 5.74) is 2.07. The fourth-order valence-corrected chi connectivity index (χ4v) is 18.5. The van der Waals surface area contributed by atoms with Crippen LogP contribution in [0, 0.1) is 104 Å². The SMILES string of the molecule is CCC(C)(C)NC(=O)C(=O)c1c(Cl)c(C(=O)Nc2ccc(F)c(C)c2)c(C)n1C.CCC(CC)NC(=O)C(=O)c1c(Cl)c(C(=O)Nc2ccc(F)c(C)c2)c(C)n1C.Cc1cc(NC(=O)c2c(Cl)c(C(=O)C(=O)NC3(CO)CC(C)(F)C3)n(C)c2C)ccc1F.Cc1cc(NC(=O)c2c(Cl)c(C(=O)C(=O)NCC(C)(C)C)n(C)c2C)ccc1F.Cc1cc(NC(=O)c2c(Cl)c(C(=O)C(=O)N[C@@H]3CCC[C@@H]3O)n(C)c2C)ccc1F. The molecule has 2 fully saturated rings. The van der Waals surface area contributed by atoms with E-state index >= 15 is 0 Å². The number of hydrogen-bond acceptors (Lipinski definition) is 17. The summed E-state index contributed by atoms with van der Waals surface area (Å²) in [6.45, 7) is 32.2. The van der Waals surface area contributed by atoms with Crippen molar-refractivity contribution in [1.29, 1.82) is 0 Å². The molecule has 0 spiro atoms. The molecule has 0 aliphatic heterocycles. The number of ketones is 5. The molecule has 0 bridgehead atoms. The quantitative estimate of drug-likeness (QED) is 0.0118. The van der Waals surface area contributed by atoms with Crippen LogP contribution in [0.5, 0.6) is 0 Å². The number of anilines is 5. The lowest BCUT2D eigenvalue weighted by atomic mass is 9.67. The number of carbonyl (C=O) groups is 15. The minimum atomic E-state index is -1.54. The Morgan fingerprint density at radius 1 is 0.403 bits per heavy atom. The molecule has 2 atom stereocenters. The molecule has 5 heterocycles. The topological polar surface area (TPSA) is 441 Å². The Kier molecular flexibility index (Phi) is 40.3. The van der Waals surface area contributed by atoms with Crippen LogP contribution in [0.2, 0.25) is 25.1 Å². The highest BCUT2D eigenvalue weighted by molar-refractivity contribution is 6.51. The van der Waals surface area contributed by atoms with Gasteiger partial charge in [-0.05, 0) is 253 Å². The number of benzene rings is 5. The van der Waals surface area contributed by atoms with Crippen LogP contribution in [0.3, 0.4) is 0 Å². The fourth-order valence-electron chi connectivity index (χ4n) is 16.4. The average Bonchev–Trinajstić information content (AvgIpc) is 1.77. The number of halogens is 11. The van der Waals surface area contributed by atoms with Crippen molar-refractivity contribution in [3.63, 3.8) is 0 Å². The molecule has 2 aliphatic rings. The number of nitrogens with zero attached hydrogens (tertiary/aromatic N) is 5. The van der Waals surface area contributed by atoms with Crippen molar-refractivity contribution < 1.29 is 108 Å². The molecule has 0 unspecified atom stereocenters. The maximum atomic E-state index is 13.9. The molecule has 149 heavy (non-hydrogen) atoms. The van der Waals surface area contributed by atoms with Crippen molar-refractivity contribution in [2.24, 2.45) is 40.7 Å². The van der Waals surface area contributed by atoms with Crippen LogP contribution in [-0.2, 0) is 59.2 Å². The van der Waals surface area contributed by atoms with E-state index in [-0.39, 0.29) is 123 Å². The van der Waals surface area contributed by atoms with E-state index in [0.717, 1.165) is 6.42 Å². The van der Waals surface area contributed by atoms with Crippen LogP contribution >= 0.6 is 58.0 Å². The van der Waals surface area contributed by atoms with Crippen molar-refractivity contribution in [1.82, 2.24) is 49.4 Å². The molecule has 10 aromatic rings. The Morgan fingerprint density at radius 3 is 0.899 bits per heavy atom. The lowest BCUT2D eigenvalue weighted by Crippen LogP contribution is -2.65. The normalized spacial score (nSPS) is 15.0. The van der Waals surface area contributed by atoms with Gasteiger partial charge in [-0.15, -0.1) is 0 Å². The zero-order chi connectivity index (χ0) is 112. The van der Waals surface area contributed by atoms with Crippen molar-refractivity contribution in [2.45, 2.75) is 218 Å². The summed E-state index contributed by atoms with van der Waals surface area (Å²) < 4.78 is 88.1. The van der Waals surface area contributed by atoms with Crippen molar-refractivity contribution in [3.8, 4) is 0 Å². The average molecular weight is 2170 g/mol. The predicted octanol–water partition coefficient (Wildman–Crippen LogP) is 18.5. The van der Waals surface area contributed by atoms with E-state index in [1.165, 1.54) is 135 Å². The number of aromatic nitrogens is 5. The molecule has 0 radical (unpaired) electrons. The van der Waals surface area contributed by atoms with Gasteiger partial charge in [0.1, 0.15) is 63.2 Å². The number of amides is 10. The van der Waals surface area contributed by atoms with Crippen LogP contribution in [-0.4, -0.2) is 169 Å². The van der Waals surface area contributed by atoms with Gasteiger partial charge < -0.3 is 86.2 Å². The third-order valence-corrected chi connectivity index (χ3v) is 27.6. The van der Waals surface area contributed by atoms with Crippen LogP contribution in [0.25, 0.3) is 0 Å². The molecular formula is C106H122Cl5F6N15O17. The number of aliphatic hydroxyl groups is 2. The van der Waals surface area contributed by atoms with Crippen LogP contribution < -0.4 is 53.2 Å². The highest BCUT2D eigenvalue weighted by Gasteiger charge is 2.54. The van der Waals surface area contributed by atoms with Gasteiger partial charge in [-0.2, -0.15) is 0 Å². The zero-order valence-corrected chi connectivity index (χ0v) is 90.7. The molecule has 43 heteroatoms. The number of carbonyl (C=O) groups excluding carboxylic acids is 15. The Labute approximate surface area is 883 Å². The Balaban J connectivity index is 0.000000227. The van der Waals surface area contributed by atoms with Crippen molar-refractivity contribution in [3.05, 3.63) is 258 Å². The number of rotatable bonds is 29. The van der Waals surface area contributed by atoms with Gasteiger partial charge in [0.2, 0.25) is 0 Å². The first kappa shape index (κ1) is 121. The molecule has 12 N–H and O–H groups in total. The summed E-state index contributed by atoms with van der Waals surface area (Å²) in [7, 11) is 7.70. The first-order valence-corrected chi connectivity index (χ1v) is 49.0. The third-order valence-electron chi connectivity index (χ3n) is 25.8. The summed E-state index contributed by atoms with van der Waals surface area (Å²) in [6.07, 6.45) is 3.00. The summed E-state index contributed by atoms with van der Waals surface area (Å²) in [5, 5.41) is 44.9. The Hall–Kier alpha value is -13.5. The summed E-state index contributed by atoms with van der Waals surface area (Å²) in [4.78, 5) is 190. The van der Waals surface area contributed by atoms with Gasteiger partial charge >= 0.3 is 0 Å². The summed E-state index contributed by atoms with van der Waals surface area (Å²) >= 11 is 31.7. The number of nitrogens with one attached hydrogen (secondary N) is 10. The lowest BCUT2D eigenvalue weighted by Gasteiger charge is -2.49. The molecule has 10 amide bonds. The van der Waals surface area contributed by atoms with Gasteiger partial charge in [0.05, 0.1) is 77.2 Å². The first-order valence-electron chi connectivity index (χ1n) is 47.1. The third kappa shape index (κ3) is 28.6.